The predicted molar refractivity (Wildman–Crippen MR) is 84.2 cm³/mol. The second kappa shape index (κ2) is 7.67. The van der Waals surface area contributed by atoms with Crippen LogP contribution in [0.5, 0.6) is 11.5 Å². The minimum Gasteiger partial charge on any atom is -0.493 e. The highest BCUT2D eigenvalue weighted by Crippen LogP contribution is 2.27. The highest BCUT2D eigenvalue weighted by atomic mass is 16.5. The first kappa shape index (κ1) is 17.6. The van der Waals surface area contributed by atoms with Crippen LogP contribution in [0.15, 0.2) is 18.2 Å². The van der Waals surface area contributed by atoms with E-state index in [1.807, 2.05) is 6.07 Å². The third kappa shape index (κ3) is 3.95. The highest BCUT2D eigenvalue weighted by molar-refractivity contribution is 6.04. The second-order valence-electron chi connectivity index (χ2n) is 5.36. The highest BCUT2D eigenvalue weighted by Gasteiger charge is 2.37. The summed E-state index contributed by atoms with van der Waals surface area (Å²) in [5, 5.41) is 11.2. The van der Waals surface area contributed by atoms with Gasteiger partial charge in [0.15, 0.2) is 11.5 Å². The van der Waals surface area contributed by atoms with E-state index in [1.165, 1.54) is 7.11 Å². The number of carbonyl (C=O) groups is 3. The van der Waals surface area contributed by atoms with Gasteiger partial charge in [0.2, 0.25) is 0 Å². The number of nitrogens with one attached hydrogen (secondary N) is 1. The van der Waals surface area contributed by atoms with Gasteiger partial charge >= 0.3 is 12.0 Å². The Kier molecular flexibility index (Phi) is 5.62. The molecule has 130 valence electrons. The number of nitrogens with zero attached hydrogens (tertiary/aromatic N) is 1. The van der Waals surface area contributed by atoms with E-state index >= 15 is 0 Å². The topological polar surface area (TPSA) is 105 Å². The molecule has 1 saturated heterocycles. The summed E-state index contributed by atoms with van der Waals surface area (Å²) in [6.07, 6.45) is 0.387. The molecule has 2 rings (SSSR count). The Morgan fingerprint density at radius 1 is 1.25 bits per heavy atom. The first-order valence-electron chi connectivity index (χ1n) is 7.50. The first-order valence-corrected chi connectivity index (χ1v) is 7.50. The van der Waals surface area contributed by atoms with Crippen molar-refractivity contribution in [3.63, 3.8) is 0 Å². The molecule has 0 bridgehead atoms. The molecule has 0 spiro atoms. The number of urea groups is 1. The van der Waals surface area contributed by atoms with Crippen molar-refractivity contribution in [2.24, 2.45) is 0 Å². The summed E-state index contributed by atoms with van der Waals surface area (Å²) in [5.74, 6) is -0.209. The number of amides is 3. The minimum atomic E-state index is -0.999. The van der Waals surface area contributed by atoms with Crippen molar-refractivity contribution in [3.05, 3.63) is 23.8 Å². The van der Waals surface area contributed by atoms with Crippen LogP contribution >= 0.6 is 0 Å². The summed E-state index contributed by atoms with van der Waals surface area (Å²) in [7, 11) is 3.08. The Bertz CT molecular complexity index is 645. The van der Waals surface area contributed by atoms with Gasteiger partial charge in [-0.3, -0.25) is 14.5 Å². The van der Waals surface area contributed by atoms with Crippen LogP contribution in [0.3, 0.4) is 0 Å². The number of aliphatic carboxylic acids is 1. The van der Waals surface area contributed by atoms with Crippen LogP contribution in [0.25, 0.3) is 0 Å². The molecule has 1 aliphatic rings. The van der Waals surface area contributed by atoms with Gasteiger partial charge in [0.25, 0.3) is 5.91 Å². The van der Waals surface area contributed by atoms with E-state index in [0.717, 1.165) is 10.5 Å². The van der Waals surface area contributed by atoms with E-state index in [9.17, 15) is 14.4 Å². The minimum absolute atomic E-state index is 0.0900. The van der Waals surface area contributed by atoms with Gasteiger partial charge in [0, 0.05) is 13.0 Å². The molecule has 2 N–H and O–H groups in total. The summed E-state index contributed by atoms with van der Waals surface area (Å²) >= 11 is 0. The molecule has 8 nitrogen and oxygen atoms in total. The van der Waals surface area contributed by atoms with Gasteiger partial charge in [-0.25, -0.2) is 4.79 Å². The molecule has 24 heavy (non-hydrogen) atoms. The molecular weight excluding hydrogens is 316 g/mol. The maximum atomic E-state index is 12.2. The number of benzene rings is 1. The lowest BCUT2D eigenvalue weighted by Gasteiger charge is -2.14. The first-order chi connectivity index (χ1) is 11.5. The largest absolute Gasteiger partial charge is 0.493 e. The Balaban J connectivity index is 1.97. The number of carboxylic acid groups (broad SMARTS) is 1. The van der Waals surface area contributed by atoms with Crippen LogP contribution in [0.2, 0.25) is 0 Å². The molecule has 1 fully saturated rings. The van der Waals surface area contributed by atoms with Crippen LogP contribution in [0.4, 0.5) is 4.79 Å². The van der Waals surface area contributed by atoms with Gasteiger partial charge < -0.3 is 19.9 Å². The predicted octanol–water partition coefficient (Wildman–Crippen LogP) is 1.03. The van der Waals surface area contributed by atoms with Crippen molar-refractivity contribution in [3.8, 4) is 11.5 Å². The molecule has 1 heterocycles. The summed E-state index contributed by atoms with van der Waals surface area (Å²) in [6, 6.07) is 4.13. The second-order valence-corrected chi connectivity index (χ2v) is 5.36. The lowest BCUT2D eigenvalue weighted by molar-refractivity contribution is -0.137. The molecule has 1 aliphatic heterocycles. The Morgan fingerprint density at radius 3 is 2.58 bits per heavy atom. The molecule has 1 aromatic carbocycles. The summed E-state index contributed by atoms with van der Waals surface area (Å²) in [4.78, 5) is 35.8. The van der Waals surface area contributed by atoms with Gasteiger partial charge in [-0.15, -0.1) is 0 Å². The van der Waals surface area contributed by atoms with E-state index in [-0.39, 0.29) is 25.3 Å². The number of imide groups is 1. The van der Waals surface area contributed by atoms with E-state index in [1.54, 1.807) is 19.2 Å². The third-order valence-corrected chi connectivity index (χ3v) is 3.83. The van der Waals surface area contributed by atoms with E-state index in [4.69, 9.17) is 14.6 Å². The molecule has 8 heteroatoms. The Hall–Kier alpha value is -2.77. The lowest BCUT2D eigenvalue weighted by Crippen LogP contribution is -2.33. The number of methoxy groups -OCH3 is 2. The number of rotatable bonds is 8. The van der Waals surface area contributed by atoms with Crippen LogP contribution in [0.1, 0.15) is 18.4 Å². The fraction of sp³-hybridized carbons (Fsp3) is 0.438. The Labute approximate surface area is 139 Å². The summed E-state index contributed by atoms with van der Waals surface area (Å²) in [6.45, 7) is 0.212. The molecule has 1 unspecified atom stereocenters. The van der Waals surface area contributed by atoms with Crippen molar-refractivity contribution in [1.29, 1.82) is 0 Å². The maximum Gasteiger partial charge on any atom is 0.324 e. The summed E-state index contributed by atoms with van der Waals surface area (Å²) < 4.78 is 10.4. The zero-order valence-corrected chi connectivity index (χ0v) is 13.6. The van der Waals surface area contributed by atoms with Crippen molar-refractivity contribution >= 4 is 17.9 Å². The van der Waals surface area contributed by atoms with Crippen LogP contribution in [-0.2, 0) is 16.0 Å². The third-order valence-electron chi connectivity index (χ3n) is 3.83. The molecule has 0 aromatic heterocycles. The zero-order valence-electron chi connectivity index (χ0n) is 13.6. The van der Waals surface area contributed by atoms with E-state index in [0.29, 0.717) is 17.9 Å². The number of ether oxygens (including phenoxy) is 2. The number of hydrogen-bond donors (Lipinski definition) is 2. The molecule has 0 aliphatic carbocycles. The van der Waals surface area contributed by atoms with Crippen molar-refractivity contribution < 1.29 is 29.0 Å². The normalized spacial score (nSPS) is 16.9. The summed E-state index contributed by atoms with van der Waals surface area (Å²) in [5.41, 5.74) is 0.891. The van der Waals surface area contributed by atoms with E-state index < -0.39 is 18.0 Å². The molecule has 3 amide bonds. The molecule has 0 saturated carbocycles. The number of hydrogen-bond acceptors (Lipinski definition) is 5. The van der Waals surface area contributed by atoms with Gasteiger partial charge in [-0.05, 0) is 30.5 Å². The quantitative estimate of drug-likeness (QED) is 0.687. The standard InChI is InChI=1S/C16H20N2O6/c1-23-12-5-3-10(9-13(12)24-2)7-8-18-15(21)11(17-16(18)22)4-6-14(19)20/h3,5,9,11H,4,6-8H2,1-2H3,(H,17,22)(H,19,20). The fourth-order valence-electron chi connectivity index (χ4n) is 2.53. The molecular formula is C16H20N2O6. The number of carbonyl (C=O) groups excluding carboxylic acids is 2. The van der Waals surface area contributed by atoms with Crippen LogP contribution < -0.4 is 14.8 Å². The Morgan fingerprint density at radius 2 is 1.96 bits per heavy atom. The smallest absolute Gasteiger partial charge is 0.324 e. The van der Waals surface area contributed by atoms with Crippen molar-refractivity contribution in [2.75, 3.05) is 20.8 Å². The number of carboxylic acids is 1. The van der Waals surface area contributed by atoms with Gasteiger partial charge in [-0.1, -0.05) is 6.07 Å². The zero-order chi connectivity index (χ0) is 17.7. The van der Waals surface area contributed by atoms with Crippen LogP contribution in [0, 0.1) is 0 Å². The van der Waals surface area contributed by atoms with Crippen molar-refractivity contribution in [1.82, 2.24) is 10.2 Å². The average Bonchev–Trinajstić information content (AvgIpc) is 2.84. The monoisotopic (exact) mass is 336 g/mol. The van der Waals surface area contributed by atoms with Gasteiger partial charge in [-0.2, -0.15) is 0 Å². The SMILES string of the molecule is COc1ccc(CCN2C(=O)NC(CCC(=O)O)C2=O)cc1OC. The van der Waals surface area contributed by atoms with Gasteiger partial charge in [0.1, 0.15) is 6.04 Å². The molecule has 0 radical (unpaired) electrons. The van der Waals surface area contributed by atoms with Crippen LogP contribution in [-0.4, -0.2) is 54.7 Å². The van der Waals surface area contributed by atoms with Gasteiger partial charge in [0.05, 0.1) is 14.2 Å². The van der Waals surface area contributed by atoms with E-state index in [2.05, 4.69) is 5.32 Å². The fourth-order valence-corrected chi connectivity index (χ4v) is 2.53. The van der Waals surface area contributed by atoms with Crippen molar-refractivity contribution in [2.45, 2.75) is 25.3 Å². The molecule has 1 aromatic rings. The average molecular weight is 336 g/mol. The lowest BCUT2D eigenvalue weighted by atomic mass is 10.1. The molecule has 1 atom stereocenters. The maximum absolute atomic E-state index is 12.2.